The number of unbranched alkanes of at least 4 members (excludes halogenated alkanes) is 38. The van der Waals surface area contributed by atoms with E-state index >= 15 is 0 Å². The predicted octanol–water partition coefficient (Wildman–Crippen LogP) is 18.6. The number of hydrogen-bond donors (Lipinski definition) is 3. The number of allylic oxidation sites excluding steroid dienone is 7. The average molecular weight is 955 g/mol. The molecule has 1 amide bonds. The van der Waals surface area contributed by atoms with Gasteiger partial charge in [0.15, 0.2) is 0 Å². The van der Waals surface area contributed by atoms with Gasteiger partial charge in [0.05, 0.1) is 25.4 Å². The molecular formula is C62H115NO5. The molecule has 3 N–H and O–H groups in total. The van der Waals surface area contributed by atoms with Gasteiger partial charge in [-0.15, -0.1) is 0 Å². The van der Waals surface area contributed by atoms with Gasteiger partial charge < -0.3 is 20.3 Å². The summed E-state index contributed by atoms with van der Waals surface area (Å²) < 4.78 is 5.47. The number of ether oxygens (including phenoxy) is 1. The smallest absolute Gasteiger partial charge is 0.305 e. The molecule has 6 heteroatoms. The van der Waals surface area contributed by atoms with Crippen molar-refractivity contribution in [2.75, 3.05) is 13.2 Å². The van der Waals surface area contributed by atoms with Crippen molar-refractivity contribution in [3.63, 3.8) is 0 Å². The molecule has 0 heterocycles. The molecule has 0 aliphatic rings. The lowest BCUT2D eigenvalue weighted by Gasteiger charge is -2.20. The Kier molecular flexibility index (Phi) is 55.6. The Morgan fingerprint density at radius 3 is 1.18 bits per heavy atom. The van der Waals surface area contributed by atoms with Crippen LogP contribution >= 0.6 is 0 Å². The number of aliphatic hydroxyl groups is 2. The number of amides is 1. The third kappa shape index (κ3) is 53.2. The molecule has 0 saturated carbocycles. The van der Waals surface area contributed by atoms with E-state index in [1.54, 1.807) is 6.08 Å². The van der Waals surface area contributed by atoms with Crippen LogP contribution in [0, 0.1) is 0 Å². The highest BCUT2D eigenvalue weighted by Gasteiger charge is 2.18. The van der Waals surface area contributed by atoms with Gasteiger partial charge in [-0.1, -0.05) is 262 Å². The average Bonchev–Trinajstić information content (AvgIpc) is 3.34. The summed E-state index contributed by atoms with van der Waals surface area (Å²) in [5, 5.41) is 23.1. The first-order chi connectivity index (χ1) is 33.5. The second kappa shape index (κ2) is 57.4. The van der Waals surface area contributed by atoms with Crippen LogP contribution in [0.25, 0.3) is 0 Å². The zero-order valence-electron chi connectivity index (χ0n) is 45.3. The van der Waals surface area contributed by atoms with Gasteiger partial charge in [0.2, 0.25) is 5.91 Å². The van der Waals surface area contributed by atoms with Gasteiger partial charge in [0, 0.05) is 12.8 Å². The maximum atomic E-state index is 12.5. The van der Waals surface area contributed by atoms with Crippen molar-refractivity contribution in [1.82, 2.24) is 5.32 Å². The van der Waals surface area contributed by atoms with Crippen LogP contribution in [0.1, 0.15) is 309 Å². The van der Waals surface area contributed by atoms with Gasteiger partial charge >= 0.3 is 5.97 Å². The van der Waals surface area contributed by atoms with Crippen LogP contribution in [0.2, 0.25) is 0 Å². The highest BCUT2D eigenvalue weighted by molar-refractivity contribution is 5.76. The number of rotatable bonds is 55. The summed E-state index contributed by atoms with van der Waals surface area (Å²) in [6, 6.07) is -0.633. The largest absolute Gasteiger partial charge is 0.466 e. The number of nitrogens with one attached hydrogen (secondary N) is 1. The molecule has 0 rings (SSSR count). The van der Waals surface area contributed by atoms with Crippen molar-refractivity contribution in [3.8, 4) is 0 Å². The Labute approximate surface area is 423 Å². The van der Waals surface area contributed by atoms with E-state index < -0.39 is 12.1 Å². The predicted molar refractivity (Wildman–Crippen MR) is 296 cm³/mol. The zero-order chi connectivity index (χ0) is 49.3. The normalized spacial score (nSPS) is 12.9. The van der Waals surface area contributed by atoms with E-state index in [0.29, 0.717) is 19.4 Å². The molecule has 0 aliphatic carbocycles. The third-order valence-corrected chi connectivity index (χ3v) is 13.6. The van der Waals surface area contributed by atoms with Crippen LogP contribution in [0.5, 0.6) is 0 Å². The lowest BCUT2D eigenvalue weighted by molar-refractivity contribution is -0.143. The summed E-state index contributed by atoms with van der Waals surface area (Å²) in [6.07, 6.45) is 72.8. The molecule has 0 aromatic heterocycles. The molecule has 0 aromatic carbocycles. The van der Waals surface area contributed by atoms with E-state index in [-0.39, 0.29) is 18.5 Å². The zero-order valence-corrected chi connectivity index (χ0v) is 45.3. The monoisotopic (exact) mass is 954 g/mol. The molecule has 0 saturated heterocycles. The van der Waals surface area contributed by atoms with E-state index in [9.17, 15) is 19.8 Å². The maximum absolute atomic E-state index is 12.5. The van der Waals surface area contributed by atoms with Crippen LogP contribution in [-0.4, -0.2) is 47.4 Å². The van der Waals surface area contributed by atoms with Gasteiger partial charge in [-0.3, -0.25) is 9.59 Å². The summed E-state index contributed by atoms with van der Waals surface area (Å²) in [7, 11) is 0. The van der Waals surface area contributed by atoms with Crippen LogP contribution in [-0.2, 0) is 14.3 Å². The minimum atomic E-state index is -0.849. The standard InChI is InChI=1S/C62H115NO5/c1-3-5-7-9-11-13-15-17-27-30-34-38-42-46-50-54-60(65)59(58-64)63-61(66)55-51-47-43-39-35-31-28-25-23-21-19-20-22-24-26-29-33-37-41-45-49-53-57-68-62(67)56-52-48-44-40-36-32-18-16-14-12-10-8-6-4-2/h10,12,16,18,21,23,50,54,59-60,64-65H,3-9,11,13-15,17,19-20,22,24-49,51-53,55-58H2,1-2H3,(H,63,66)/b12-10-,18-16-,23-21-,54-50+. The SMILES string of the molecule is CCCC/C=C\C/C=C\CCCCCCCC(=O)OCCCCCCCCCCCCC/C=C\CCCCCCCCCC(=O)NC(CO)C(O)/C=C/CCCCCCCCCCCCCCC. The van der Waals surface area contributed by atoms with Crippen LogP contribution < -0.4 is 5.32 Å². The molecule has 0 fully saturated rings. The van der Waals surface area contributed by atoms with Crippen molar-refractivity contribution in [3.05, 3.63) is 48.6 Å². The minimum Gasteiger partial charge on any atom is -0.466 e. The summed E-state index contributed by atoms with van der Waals surface area (Å²) in [5.41, 5.74) is 0. The Balaban J connectivity index is 3.45. The molecule has 6 nitrogen and oxygen atoms in total. The van der Waals surface area contributed by atoms with Crippen LogP contribution in [0.4, 0.5) is 0 Å². The first-order valence-electron chi connectivity index (χ1n) is 29.9. The molecular weight excluding hydrogens is 839 g/mol. The van der Waals surface area contributed by atoms with Crippen LogP contribution in [0.3, 0.4) is 0 Å². The fourth-order valence-electron chi connectivity index (χ4n) is 8.94. The molecule has 0 radical (unpaired) electrons. The summed E-state index contributed by atoms with van der Waals surface area (Å²) in [5.74, 6) is -0.0807. The Morgan fingerprint density at radius 2 is 0.750 bits per heavy atom. The quantitative estimate of drug-likeness (QED) is 0.0321. The van der Waals surface area contributed by atoms with Crippen molar-refractivity contribution in [2.24, 2.45) is 0 Å². The van der Waals surface area contributed by atoms with Crippen molar-refractivity contribution in [2.45, 2.75) is 321 Å². The minimum absolute atomic E-state index is 0.00573. The second-order valence-corrected chi connectivity index (χ2v) is 20.3. The third-order valence-electron chi connectivity index (χ3n) is 13.6. The molecule has 0 aromatic rings. The molecule has 0 aliphatic heterocycles. The molecule has 0 bridgehead atoms. The van der Waals surface area contributed by atoms with Crippen molar-refractivity contribution < 1.29 is 24.5 Å². The molecule has 68 heavy (non-hydrogen) atoms. The van der Waals surface area contributed by atoms with E-state index in [1.807, 2.05) is 6.08 Å². The maximum Gasteiger partial charge on any atom is 0.305 e. The fraction of sp³-hybridized carbons (Fsp3) is 0.839. The van der Waals surface area contributed by atoms with E-state index in [0.717, 1.165) is 57.8 Å². The number of aliphatic hydroxyl groups excluding tert-OH is 2. The van der Waals surface area contributed by atoms with E-state index in [2.05, 4.69) is 55.6 Å². The molecule has 0 spiro atoms. The lowest BCUT2D eigenvalue weighted by atomic mass is 10.0. The number of carbonyl (C=O) groups is 2. The number of esters is 1. The molecule has 398 valence electrons. The van der Waals surface area contributed by atoms with Crippen LogP contribution in [0.15, 0.2) is 48.6 Å². The first-order valence-corrected chi connectivity index (χ1v) is 29.9. The van der Waals surface area contributed by atoms with Gasteiger partial charge in [-0.25, -0.2) is 0 Å². The van der Waals surface area contributed by atoms with Crippen molar-refractivity contribution >= 4 is 11.9 Å². The van der Waals surface area contributed by atoms with Gasteiger partial charge in [-0.05, 0) is 83.5 Å². The molecule has 2 atom stereocenters. The fourth-order valence-corrected chi connectivity index (χ4v) is 8.94. The number of hydrogen-bond acceptors (Lipinski definition) is 5. The van der Waals surface area contributed by atoms with Gasteiger partial charge in [-0.2, -0.15) is 0 Å². The first kappa shape index (κ1) is 65.8. The summed E-state index contributed by atoms with van der Waals surface area (Å²) in [4.78, 5) is 24.5. The molecule has 2 unspecified atom stereocenters. The summed E-state index contributed by atoms with van der Waals surface area (Å²) >= 11 is 0. The Morgan fingerprint density at radius 1 is 0.412 bits per heavy atom. The Bertz CT molecular complexity index is 1150. The van der Waals surface area contributed by atoms with Crippen molar-refractivity contribution in [1.29, 1.82) is 0 Å². The highest BCUT2D eigenvalue weighted by Crippen LogP contribution is 2.16. The van der Waals surface area contributed by atoms with E-state index in [1.165, 1.54) is 225 Å². The van der Waals surface area contributed by atoms with Gasteiger partial charge in [0.1, 0.15) is 0 Å². The number of carbonyl (C=O) groups excluding carboxylic acids is 2. The van der Waals surface area contributed by atoms with Gasteiger partial charge in [0.25, 0.3) is 0 Å². The Hall–Kier alpha value is -2.18. The topological polar surface area (TPSA) is 95.9 Å². The lowest BCUT2D eigenvalue weighted by Crippen LogP contribution is -2.45. The highest BCUT2D eigenvalue weighted by atomic mass is 16.5. The second-order valence-electron chi connectivity index (χ2n) is 20.3. The van der Waals surface area contributed by atoms with E-state index in [4.69, 9.17) is 4.74 Å². The summed E-state index contributed by atoms with van der Waals surface area (Å²) in [6.45, 7) is 4.85.